The quantitative estimate of drug-likeness (QED) is 0.805. The van der Waals surface area contributed by atoms with Crippen LogP contribution in [0.1, 0.15) is 34.9 Å². The Hall–Kier alpha value is -1.40. The first-order chi connectivity index (χ1) is 9.33. The third-order valence-electron chi connectivity index (χ3n) is 3.66. The topological polar surface area (TPSA) is 70.2 Å². The van der Waals surface area contributed by atoms with Crippen LogP contribution in [-0.2, 0) is 4.74 Å². The SMILES string of the molecule is O=C(NCCN1CCOCC1)c1cc(C2CC2)[nH]n1. The van der Waals surface area contributed by atoms with Gasteiger partial charge >= 0.3 is 0 Å². The molecule has 1 aliphatic heterocycles. The molecule has 0 unspecified atom stereocenters. The van der Waals surface area contributed by atoms with Crippen LogP contribution in [0.5, 0.6) is 0 Å². The van der Waals surface area contributed by atoms with Crippen molar-refractivity contribution in [3.63, 3.8) is 0 Å². The summed E-state index contributed by atoms with van der Waals surface area (Å²) in [5.41, 5.74) is 1.60. The van der Waals surface area contributed by atoms with Crippen LogP contribution < -0.4 is 5.32 Å². The van der Waals surface area contributed by atoms with Crippen LogP contribution >= 0.6 is 0 Å². The van der Waals surface area contributed by atoms with Crippen LogP contribution in [0.4, 0.5) is 0 Å². The van der Waals surface area contributed by atoms with Crippen molar-refractivity contribution in [2.45, 2.75) is 18.8 Å². The number of rotatable bonds is 5. The largest absolute Gasteiger partial charge is 0.379 e. The zero-order chi connectivity index (χ0) is 13.1. The lowest BCUT2D eigenvalue weighted by Gasteiger charge is -2.26. The third kappa shape index (κ3) is 3.33. The summed E-state index contributed by atoms with van der Waals surface area (Å²) >= 11 is 0. The first kappa shape index (κ1) is 12.6. The van der Waals surface area contributed by atoms with Crippen LogP contribution in [-0.4, -0.2) is 60.4 Å². The molecule has 6 heteroatoms. The van der Waals surface area contributed by atoms with E-state index in [9.17, 15) is 4.79 Å². The Kier molecular flexibility index (Phi) is 3.79. The van der Waals surface area contributed by atoms with Gasteiger partial charge in [0.1, 0.15) is 5.69 Å². The van der Waals surface area contributed by atoms with Crippen LogP contribution in [0.3, 0.4) is 0 Å². The van der Waals surface area contributed by atoms with Gasteiger partial charge in [-0.25, -0.2) is 0 Å². The van der Waals surface area contributed by atoms with Gasteiger partial charge in [0.25, 0.3) is 5.91 Å². The molecule has 0 radical (unpaired) electrons. The lowest BCUT2D eigenvalue weighted by Crippen LogP contribution is -2.41. The van der Waals surface area contributed by atoms with E-state index in [1.807, 2.05) is 6.07 Å². The Morgan fingerprint density at radius 3 is 3.00 bits per heavy atom. The molecule has 2 fully saturated rings. The van der Waals surface area contributed by atoms with Gasteiger partial charge in [-0.1, -0.05) is 0 Å². The predicted molar refractivity (Wildman–Crippen MR) is 70.2 cm³/mol. The van der Waals surface area contributed by atoms with Crippen molar-refractivity contribution in [1.82, 2.24) is 20.4 Å². The van der Waals surface area contributed by atoms with Gasteiger partial charge in [-0.2, -0.15) is 5.10 Å². The fraction of sp³-hybridized carbons (Fsp3) is 0.692. The Morgan fingerprint density at radius 1 is 1.47 bits per heavy atom. The smallest absolute Gasteiger partial charge is 0.271 e. The third-order valence-corrected chi connectivity index (χ3v) is 3.66. The second-order valence-corrected chi connectivity index (χ2v) is 5.19. The van der Waals surface area contributed by atoms with E-state index >= 15 is 0 Å². The average Bonchev–Trinajstić information content (AvgIpc) is 3.17. The molecule has 0 atom stereocenters. The van der Waals surface area contributed by atoms with Gasteiger partial charge in [0.2, 0.25) is 0 Å². The van der Waals surface area contributed by atoms with E-state index in [0.29, 0.717) is 18.2 Å². The standard InChI is InChI=1S/C13H20N4O2/c18-13(12-9-11(15-16-12)10-1-2-10)14-3-4-17-5-7-19-8-6-17/h9-10H,1-8H2,(H,14,18)(H,15,16). The minimum absolute atomic E-state index is 0.0867. The summed E-state index contributed by atoms with van der Waals surface area (Å²) in [7, 11) is 0. The number of H-pyrrole nitrogens is 1. The molecule has 19 heavy (non-hydrogen) atoms. The second-order valence-electron chi connectivity index (χ2n) is 5.19. The van der Waals surface area contributed by atoms with Crippen molar-refractivity contribution < 1.29 is 9.53 Å². The number of aromatic nitrogens is 2. The summed E-state index contributed by atoms with van der Waals surface area (Å²) in [6.07, 6.45) is 2.42. The maximum atomic E-state index is 11.9. The molecule has 2 heterocycles. The van der Waals surface area contributed by atoms with Gasteiger partial charge in [0.05, 0.1) is 13.2 Å². The molecule has 1 aromatic rings. The highest BCUT2D eigenvalue weighted by atomic mass is 16.5. The van der Waals surface area contributed by atoms with E-state index in [4.69, 9.17) is 4.74 Å². The zero-order valence-corrected chi connectivity index (χ0v) is 11.0. The molecule has 1 amide bonds. The average molecular weight is 264 g/mol. The molecule has 6 nitrogen and oxygen atoms in total. The normalized spacial score (nSPS) is 20.4. The van der Waals surface area contributed by atoms with Crippen molar-refractivity contribution in [2.75, 3.05) is 39.4 Å². The van der Waals surface area contributed by atoms with E-state index in [2.05, 4.69) is 20.4 Å². The van der Waals surface area contributed by atoms with Crippen molar-refractivity contribution >= 4 is 5.91 Å². The van der Waals surface area contributed by atoms with Gasteiger partial charge < -0.3 is 10.1 Å². The summed E-state index contributed by atoms with van der Waals surface area (Å²) in [6, 6.07) is 1.88. The Balaban J connectivity index is 1.42. The number of hydrogen-bond acceptors (Lipinski definition) is 4. The van der Waals surface area contributed by atoms with E-state index in [0.717, 1.165) is 38.5 Å². The lowest BCUT2D eigenvalue weighted by atomic mass is 10.2. The summed E-state index contributed by atoms with van der Waals surface area (Å²) in [4.78, 5) is 14.2. The van der Waals surface area contributed by atoms with E-state index in [1.54, 1.807) is 0 Å². The number of aromatic amines is 1. The molecule has 1 saturated heterocycles. The van der Waals surface area contributed by atoms with Gasteiger partial charge in [-0.15, -0.1) is 0 Å². The summed E-state index contributed by atoms with van der Waals surface area (Å²) in [5, 5.41) is 9.94. The van der Waals surface area contributed by atoms with E-state index in [-0.39, 0.29) is 5.91 Å². The van der Waals surface area contributed by atoms with E-state index < -0.39 is 0 Å². The summed E-state index contributed by atoms with van der Waals surface area (Å²) in [5.74, 6) is 0.513. The van der Waals surface area contributed by atoms with Crippen LogP contribution in [0, 0.1) is 0 Å². The Labute approximate surface area is 112 Å². The Morgan fingerprint density at radius 2 is 2.26 bits per heavy atom. The molecule has 0 spiro atoms. The zero-order valence-electron chi connectivity index (χ0n) is 11.0. The molecule has 2 aliphatic rings. The van der Waals surface area contributed by atoms with Crippen molar-refractivity contribution in [2.24, 2.45) is 0 Å². The number of nitrogens with one attached hydrogen (secondary N) is 2. The van der Waals surface area contributed by atoms with Crippen molar-refractivity contribution in [1.29, 1.82) is 0 Å². The van der Waals surface area contributed by atoms with Crippen LogP contribution in [0.25, 0.3) is 0 Å². The van der Waals surface area contributed by atoms with Crippen LogP contribution in [0.15, 0.2) is 6.07 Å². The van der Waals surface area contributed by atoms with Gasteiger partial charge in [-0.3, -0.25) is 14.8 Å². The summed E-state index contributed by atoms with van der Waals surface area (Å²) in [6.45, 7) is 5.00. The molecule has 0 aromatic carbocycles. The molecule has 1 aliphatic carbocycles. The van der Waals surface area contributed by atoms with Crippen molar-refractivity contribution in [3.8, 4) is 0 Å². The monoisotopic (exact) mass is 264 g/mol. The Bertz CT molecular complexity index is 436. The van der Waals surface area contributed by atoms with Gasteiger partial charge in [0.15, 0.2) is 0 Å². The number of morpholine rings is 1. The minimum atomic E-state index is -0.0867. The molecule has 2 N–H and O–H groups in total. The summed E-state index contributed by atoms with van der Waals surface area (Å²) < 4.78 is 5.28. The number of carbonyl (C=O) groups excluding carboxylic acids is 1. The molecule has 0 bridgehead atoms. The molecule has 104 valence electrons. The number of ether oxygens (including phenoxy) is 1. The predicted octanol–water partition coefficient (Wildman–Crippen LogP) is 0.349. The highest BCUT2D eigenvalue weighted by molar-refractivity contribution is 5.92. The molecular formula is C13H20N4O2. The van der Waals surface area contributed by atoms with E-state index in [1.165, 1.54) is 12.8 Å². The maximum Gasteiger partial charge on any atom is 0.271 e. The highest BCUT2D eigenvalue weighted by Gasteiger charge is 2.26. The fourth-order valence-corrected chi connectivity index (χ4v) is 2.30. The van der Waals surface area contributed by atoms with Gasteiger partial charge in [-0.05, 0) is 18.9 Å². The molecule has 1 saturated carbocycles. The number of amides is 1. The maximum absolute atomic E-state index is 11.9. The van der Waals surface area contributed by atoms with Gasteiger partial charge in [0, 0.05) is 37.8 Å². The molecular weight excluding hydrogens is 244 g/mol. The number of carbonyl (C=O) groups is 1. The number of nitrogens with zero attached hydrogens (tertiary/aromatic N) is 2. The second kappa shape index (κ2) is 5.71. The van der Waals surface area contributed by atoms with Crippen LogP contribution in [0.2, 0.25) is 0 Å². The fourth-order valence-electron chi connectivity index (χ4n) is 2.30. The van der Waals surface area contributed by atoms with Crippen molar-refractivity contribution in [3.05, 3.63) is 17.5 Å². The molecule has 1 aromatic heterocycles. The molecule has 3 rings (SSSR count). The lowest BCUT2D eigenvalue weighted by molar-refractivity contribution is 0.0383. The minimum Gasteiger partial charge on any atom is -0.379 e. The first-order valence-corrected chi connectivity index (χ1v) is 6.96. The first-order valence-electron chi connectivity index (χ1n) is 6.96. The number of hydrogen-bond donors (Lipinski definition) is 2. The highest BCUT2D eigenvalue weighted by Crippen LogP contribution is 2.38.